The van der Waals surface area contributed by atoms with Gasteiger partial charge in [-0.1, -0.05) is 25.1 Å². The highest BCUT2D eigenvalue weighted by atomic mass is 35.5. The molecule has 1 aliphatic carbocycles. The number of fused-ring (bicyclic) bond motifs is 3. The third kappa shape index (κ3) is 3.56. The number of hydrazone groups is 1. The van der Waals surface area contributed by atoms with Crippen LogP contribution in [0.15, 0.2) is 35.6 Å². The van der Waals surface area contributed by atoms with Crippen LogP contribution >= 0.6 is 11.6 Å². The summed E-state index contributed by atoms with van der Waals surface area (Å²) in [4.78, 5) is 16.0. The number of halogens is 1. The fourth-order valence-corrected chi connectivity index (χ4v) is 3.41. The van der Waals surface area contributed by atoms with Crippen LogP contribution < -0.4 is 5.32 Å². The molecule has 1 aliphatic rings. The summed E-state index contributed by atoms with van der Waals surface area (Å²) >= 11 is 6.14. The lowest BCUT2D eigenvalue weighted by molar-refractivity contribution is -0.119. The van der Waals surface area contributed by atoms with Gasteiger partial charge in [-0.25, -0.2) is 0 Å². The highest BCUT2D eigenvalue weighted by Crippen LogP contribution is 2.35. The molecule has 6 heteroatoms. The second kappa shape index (κ2) is 7.31. The molecule has 0 fully saturated rings. The van der Waals surface area contributed by atoms with E-state index in [1.807, 2.05) is 25.1 Å². The minimum absolute atomic E-state index is 0.0530. The summed E-state index contributed by atoms with van der Waals surface area (Å²) in [6, 6.07) is 5.80. The van der Waals surface area contributed by atoms with Crippen LogP contribution in [0.2, 0.25) is 5.02 Å². The van der Waals surface area contributed by atoms with E-state index in [-0.39, 0.29) is 11.9 Å². The molecule has 0 radical (unpaired) electrons. The van der Waals surface area contributed by atoms with Crippen molar-refractivity contribution in [2.75, 3.05) is 7.05 Å². The monoisotopic (exact) mass is 358 g/mol. The molecule has 1 heterocycles. The Kier molecular flexibility index (Phi) is 5.13. The number of H-pyrrole nitrogens is 1. The smallest absolute Gasteiger partial charge is 0.269 e. The average Bonchev–Trinajstić information content (AvgIpc) is 2.98. The molecule has 132 valence electrons. The topological polar surface area (TPSA) is 60.5 Å². The van der Waals surface area contributed by atoms with E-state index in [9.17, 15) is 4.79 Å². The van der Waals surface area contributed by atoms with E-state index in [1.54, 1.807) is 13.3 Å². The second-order valence-electron chi connectivity index (χ2n) is 6.30. The standard InChI is InChI=1S/C19H23ClN4O/c1-4-10-21-24(3)12(2)19(25)23-17-7-5-6-14-15-11-13(20)8-9-16(15)22-18(14)17/h8-11,17,22H,2,4-7H2,1,3H3,(H,23,25)/b21-10-. The Morgan fingerprint density at radius 2 is 2.36 bits per heavy atom. The van der Waals surface area contributed by atoms with Crippen molar-refractivity contribution in [2.24, 2.45) is 5.10 Å². The van der Waals surface area contributed by atoms with Crippen LogP contribution in [0, 0.1) is 0 Å². The molecular weight excluding hydrogens is 336 g/mol. The Morgan fingerprint density at radius 1 is 1.56 bits per heavy atom. The Morgan fingerprint density at radius 3 is 3.12 bits per heavy atom. The molecular formula is C19H23ClN4O. The van der Waals surface area contributed by atoms with E-state index < -0.39 is 0 Å². The third-order valence-electron chi connectivity index (χ3n) is 4.56. The summed E-state index contributed by atoms with van der Waals surface area (Å²) in [5.41, 5.74) is 3.71. The molecule has 1 amide bonds. The van der Waals surface area contributed by atoms with Crippen LogP contribution in [0.3, 0.4) is 0 Å². The number of benzene rings is 1. The molecule has 1 atom stereocenters. The predicted molar refractivity (Wildman–Crippen MR) is 103 cm³/mol. The van der Waals surface area contributed by atoms with E-state index in [1.165, 1.54) is 10.6 Å². The van der Waals surface area contributed by atoms with Gasteiger partial charge in [0.2, 0.25) is 0 Å². The van der Waals surface area contributed by atoms with Crippen LogP contribution in [-0.2, 0) is 11.2 Å². The molecule has 2 N–H and O–H groups in total. The molecule has 0 bridgehead atoms. The molecule has 0 saturated carbocycles. The van der Waals surface area contributed by atoms with Crippen molar-refractivity contribution in [2.45, 2.75) is 38.6 Å². The van der Waals surface area contributed by atoms with Crippen molar-refractivity contribution in [3.05, 3.63) is 46.8 Å². The van der Waals surface area contributed by atoms with Gasteiger partial charge in [-0.05, 0) is 49.4 Å². The first-order valence-electron chi connectivity index (χ1n) is 8.57. The van der Waals surface area contributed by atoms with E-state index in [4.69, 9.17) is 11.6 Å². The zero-order valence-corrected chi connectivity index (χ0v) is 15.4. The highest BCUT2D eigenvalue weighted by Gasteiger charge is 2.26. The van der Waals surface area contributed by atoms with Crippen molar-refractivity contribution < 1.29 is 4.79 Å². The van der Waals surface area contributed by atoms with Gasteiger partial charge >= 0.3 is 0 Å². The molecule has 5 nitrogen and oxygen atoms in total. The zero-order chi connectivity index (χ0) is 18.0. The summed E-state index contributed by atoms with van der Waals surface area (Å²) in [6.07, 6.45) is 5.47. The first kappa shape index (κ1) is 17.5. The number of carbonyl (C=O) groups is 1. The summed E-state index contributed by atoms with van der Waals surface area (Å²) in [5.74, 6) is -0.203. The highest BCUT2D eigenvalue weighted by molar-refractivity contribution is 6.31. The molecule has 0 spiro atoms. The van der Waals surface area contributed by atoms with Crippen LogP contribution in [0.4, 0.5) is 0 Å². The molecule has 0 aliphatic heterocycles. The van der Waals surface area contributed by atoms with Crippen LogP contribution in [0.25, 0.3) is 10.9 Å². The normalized spacial score (nSPS) is 16.8. The summed E-state index contributed by atoms with van der Waals surface area (Å²) in [6.45, 7) is 5.85. The second-order valence-corrected chi connectivity index (χ2v) is 6.74. The van der Waals surface area contributed by atoms with Gasteiger partial charge in [0.05, 0.1) is 6.04 Å². The number of amides is 1. The quantitative estimate of drug-likeness (QED) is 0.479. The fraction of sp³-hybridized carbons (Fsp3) is 0.368. The Labute approximate surface area is 152 Å². The molecule has 25 heavy (non-hydrogen) atoms. The Balaban J connectivity index is 1.81. The van der Waals surface area contributed by atoms with Gasteiger partial charge in [0.15, 0.2) is 0 Å². The lowest BCUT2D eigenvalue weighted by atomic mass is 9.91. The summed E-state index contributed by atoms with van der Waals surface area (Å²) < 4.78 is 0. The van der Waals surface area contributed by atoms with Crippen LogP contribution in [0.1, 0.15) is 43.5 Å². The molecule has 1 aromatic carbocycles. The largest absolute Gasteiger partial charge is 0.356 e. The van der Waals surface area contributed by atoms with E-state index in [2.05, 4.69) is 22.0 Å². The minimum Gasteiger partial charge on any atom is -0.356 e. The van der Waals surface area contributed by atoms with Crippen molar-refractivity contribution in [3.8, 4) is 0 Å². The zero-order valence-electron chi connectivity index (χ0n) is 14.6. The Bertz CT molecular complexity index is 839. The molecule has 3 rings (SSSR count). The molecule has 2 aromatic rings. The van der Waals surface area contributed by atoms with Crippen LogP contribution in [-0.4, -0.2) is 29.2 Å². The number of nitrogens with one attached hydrogen (secondary N) is 2. The van der Waals surface area contributed by atoms with E-state index >= 15 is 0 Å². The van der Waals surface area contributed by atoms with Crippen molar-refractivity contribution in [3.63, 3.8) is 0 Å². The maximum atomic E-state index is 12.5. The lowest BCUT2D eigenvalue weighted by Crippen LogP contribution is -2.35. The van der Waals surface area contributed by atoms with Crippen molar-refractivity contribution in [1.29, 1.82) is 0 Å². The predicted octanol–water partition coefficient (Wildman–Crippen LogP) is 4.16. The summed E-state index contributed by atoms with van der Waals surface area (Å²) in [5, 5.41) is 10.6. The van der Waals surface area contributed by atoms with E-state index in [0.717, 1.165) is 47.3 Å². The third-order valence-corrected chi connectivity index (χ3v) is 4.80. The molecule has 1 unspecified atom stereocenters. The van der Waals surface area contributed by atoms with Crippen molar-refractivity contribution in [1.82, 2.24) is 15.3 Å². The maximum Gasteiger partial charge on any atom is 0.269 e. The molecule has 0 saturated heterocycles. The van der Waals surface area contributed by atoms with Gasteiger partial charge in [0.25, 0.3) is 5.91 Å². The van der Waals surface area contributed by atoms with Gasteiger partial charge in [0.1, 0.15) is 5.70 Å². The number of carbonyl (C=O) groups excluding carboxylic acids is 1. The number of likely N-dealkylation sites (N-methyl/N-ethyl adjacent to an activating group) is 1. The Hall–Kier alpha value is -2.27. The van der Waals surface area contributed by atoms with Gasteiger partial charge < -0.3 is 10.3 Å². The number of hydrogen-bond acceptors (Lipinski definition) is 3. The average molecular weight is 359 g/mol. The van der Waals surface area contributed by atoms with Gasteiger partial charge in [-0.3, -0.25) is 9.80 Å². The number of hydrogen-bond donors (Lipinski definition) is 2. The summed E-state index contributed by atoms with van der Waals surface area (Å²) in [7, 11) is 1.73. The number of rotatable bonds is 5. The van der Waals surface area contributed by atoms with Gasteiger partial charge in [-0.15, -0.1) is 0 Å². The first-order chi connectivity index (χ1) is 12.0. The molecule has 1 aromatic heterocycles. The number of aryl methyl sites for hydroxylation is 1. The fourth-order valence-electron chi connectivity index (χ4n) is 3.24. The lowest BCUT2D eigenvalue weighted by Gasteiger charge is -2.25. The number of aromatic amines is 1. The number of nitrogens with zero attached hydrogens (tertiary/aromatic N) is 2. The minimum atomic E-state index is -0.203. The van der Waals surface area contributed by atoms with Crippen molar-refractivity contribution >= 4 is 34.6 Å². The maximum absolute atomic E-state index is 12.5. The van der Waals surface area contributed by atoms with E-state index in [0.29, 0.717) is 5.70 Å². The van der Waals surface area contributed by atoms with Gasteiger partial charge in [0, 0.05) is 34.9 Å². The van der Waals surface area contributed by atoms with Gasteiger partial charge in [-0.2, -0.15) is 5.10 Å². The SMILES string of the molecule is C=C(C(=O)NC1CCCc2c1[nH]c1ccc(Cl)cc21)N(C)/N=C\CC. The number of aromatic nitrogens is 1. The first-order valence-corrected chi connectivity index (χ1v) is 8.95. The van der Waals surface area contributed by atoms with Crippen LogP contribution in [0.5, 0.6) is 0 Å².